The van der Waals surface area contributed by atoms with Crippen molar-refractivity contribution in [3.63, 3.8) is 0 Å². The highest BCUT2D eigenvalue weighted by Gasteiger charge is 2.13. The average molecular weight is 290 g/mol. The molecule has 0 amide bonds. The fourth-order valence-electron chi connectivity index (χ4n) is 1.76. The summed E-state index contributed by atoms with van der Waals surface area (Å²) in [6.45, 7) is 7.74. The first-order valence-electron chi connectivity index (χ1n) is 6.32. The van der Waals surface area contributed by atoms with Crippen LogP contribution in [0.5, 0.6) is 0 Å². The molecule has 102 valence electrons. The Morgan fingerprint density at radius 2 is 2.00 bits per heavy atom. The van der Waals surface area contributed by atoms with E-state index in [1.807, 2.05) is 26.0 Å². The average Bonchev–Trinajstić information content (AvgIpc) is 2.32. The summed E-state index contributed by atoms with van der Waals surface area (Å²) < 4.78 is 5.66. The minimum atomic E-state index is 0.237. The number of hydrogen-bond donors (Lipinski definition) is 1. The van der Waals surface area contributed by atoms with Crippen molar-refractivity contribution in [2.75, 3.05) is 13.2 Å². The van der Waals surface area contributed by atoms with E-state index in [0.717, 1.165) is 18.5 Å². The van der Waals surface area contributed by atoms with E-state index >= 15 is 0 Å². The summed E-state index contributed by atoms with van der Waals surface area (Å²) in [5.41, 5.74) is 1.06. The van der Waals surface area contributed by atoms with Crippen molar-refractivity contribution >= 4 is 23.2 Å². The monoisotopic (exact) mass is 289 g/mol. The van der Waals surface area contributed by atoms with Gasteiger partial charge in [-0.15, -0.1) is 0 Å². The zero-order valence-electron chi connectivity index (χ0n) is 11.2. The fourth-order valence-corrected chi connectivity index (χ4v) is 2.16. The maximum atomic E-state index is 6.20. The van der Waals surface area contributed by atoms with E-state index in [4.69, 9.17) is 27.9 Å². The van der Waals surface area contributed by atoms with Crippen LogP contribution in [-0.4, -0.2) is 25.3 Å². The van der Waals surface area contributed by atoms with E-state index in [1.54, 1.807) is 6.07 Å². The van der Waals surface area contributed by atoms with Crippen molar-refractivity contribution in [1.82, 2.24) is 5.32 Å². The lowest BCUT2D eigenvalue weighted by Crippen LogP contribution is -2.36. The van der Waals surface area contributed by atoms with E-state index in [0.29, 0.717) is 16.7 Å². The number of ether oxygens (including phenoxy) is 1. The van der Waals surface area contributed by atoms with Crippen LogP contribution in [-0.2, 0) is 11.2 Å². The van der Waals surface area contributed by atoms with Gasteiger partial charge in [0.05, 0.1) is 22.8 Å². The topological polar surface area (TPSA) is 21.3 Å². The van der Waals surface area contributed by atoms with Gasteiger partial charge in [0, 0.05) is 6.04 Å². The number of nitrogens with one attached hydrogen (secondary N) is 1. The highest BCUT2D eigenvalue weighted by atomic mass is 35.5. The normalized spacial score (nSPS) is 13.0. The molecular weight excluding hydrogens is 269 g/mol. The molecule has 0 spiro atoms. The molecule has 0 heterocycles. The quantitative estimate of drug-likeness (QED) is 0.821. The van der Waals surface area contributed by atoms with Crippen molar-refractivity contribution in [3.8, 4) is 0 Å². The molecule has 1 N–H and O–H groups in total. The van der Waals surface area contributed by atoms with Gasteiger partial charge >= 0.3 is 0 Å². The number of hydrogen-bond acceptors (Lipinski definition) is 2. The van der Waals surface area contributed by atoms with Crippen LogP contribution in [0.1, 0.15) is 26.3 Å². The summed E-state index contributed by atoms with van der Waals surface area (Å²) in [6.07, 6.45) is 1.06. The summed E-state index contributed by atoms with van der Waals surface area (Å²) in [5.74, 6) is 0. The minimum Gasteiger partial charge on any atom is -0.377 e. The molecule has 0 aliphatic rings. The first kappa shape index (κ1) is 15.8. The van der Waals surface area contributed by atoms with E-state index in [9.17, 15) is 0 Å². The van der Waals surface area contributed by atoms with Gasteiger partial charge in [0.15, 0.2) is 0 Å². The summed E-state index contributed by atoms with van der Waals surface area (Å²) in [7, 11) is 0. The van der Waals surface area contributed by atoms with Crippen LogP contribution in [0.2, 0.25) is 10.0 Å². The van der Waals surface area contributed by atoms with E-state index in [2.05, 4.69) is 12.2 Å². The van der Waals surface area contributed by atoms with Gasteiger partial charge < -0.3 is 10.1 Å². The van der Waals surface area contributed by atoms with Gasteiger partial charge in [-0.05, 0) is 38.4 Å². The molecule has 0 aromatic heterocycles. The van der Waals surface area contributed by atoms with Crippen molar-refractivity contribution in [2.24, 2.45) is 0 Å². The van der Waals surface area contributed by atoms with Gasteiger partial charge in [-0.2, -0.15) is 0 Å². The highest BCUT2D eigenvalue weighted by molar-refractivity contribution is 6.42. The molecule has 1 atom stereocenters. The number of likely N-dealkylation sites (N-methyl/N-ethyl adjacent to an activating group) is 1. The molecule has 4 heteroatoms. The molecule has 0 saturated heterocycles. The van der Waals surface area contributed by atoms with E-state index in [1.165, 1.54) is 0 Å². The molecule has 0 bridgehead atoms. The SMILES string of the molecule is CCNC(COC(C)C)Cc1cccc(Cl)c1Cl. The van der Waals surface area contributed by atoms with Crippen molar-refractivity contribution in [1.29, 1.82) is 0 Å². The fraction of sp³-hybridized carbons (Fsp3) is 0.571. The largest absolute Gasteiger partial charge is 0.377 e. The predicted molar refractivity (Wildman–Crippen MR) is 78.7 cm³/mol. The third kappa shape index (κ3) is 5.15. The van der Waals surface area contributed by atoms with E-state index < -0.39 is 0 Å². The summed E-state index contributed by atoms with van der Waals surface area (Å²) in [5, 5.41) is 4.66. The van der Waals surface area contributed by atoms with Crippen LogP contribution in [0.15, 0.2) is 18.2 Å². The third-order valence-corrected chi connectivity index (χ3v) is 3.48. The Bertz CT molecular complexity index is 369. The van der Waals surface area contributed by atoms with Gasteiger partial charge in [0.25, 0.3) is 0 Å². The molecule has 0 radical (unpaired) electrons. The van der Waals surface area contributed by atoms with Gasteiger partial charge in [0.1, 0.15) is 0 Å². The zero-order chi connectivity index (χ0) is 13.5. The van der Waals surface area contributed by atoms with E-state index in [-0.39, 0.29) is 12.1 Å². The Morgan fingerprint density at radius 3 is 2.61 bits per heavy atom. The third-order valence-electron chi connectivity index (χ3n) is 2.62. The Hall–Kier alpha value is -0.280. The number of rotatable bonds is 7. The second kappa shape index (κ2) is 8.00. The standard InChI is InChI=1S/C14H21Cl2NO/c1-4-17-12(9-18-10(2)3)8-11-6-5-7-13(15)14(11)16/h5-7,10,12,17H,4,8-9H2,1-3H3. The highest BCUT2D eigenvalue weighted by Crippen LogP contribution is 2.26. The molecule has 1 aromatic rings. The lowest BCUT2D eigenvalue weighted by Gasteiger charge is -2.20. The number of benzene rings is 1. The minimum absolute atomic E-state index is 0.237. The lowest BCUT2D eigenvalue weighted by molar-refractivity contribution is 0.0616. The van der Waals surface area contributed by atoms with Crippen molar-refractivity contribution in [3.05, 3.63) is 33.8 Å². The van der Waals surface area contributed by atoms with Gasteiger partial charge in [-0.3, -0.25) is 0 Å². The Kier molecular flexibility index (Phi) is 7.02. The lowest BCUT2D eigenvalue weighted by atomic mass is 10.1. The number of halogens is 2. The first-order chi connectivity index (χ1) is 8.54. The second-order valence-corrected chi connectivity index (χ2v) is 5.34. The molecule has 2 nitrogen and oxygen atoms in total. The van der Waals surface area contributed by atoms with Crippen LogP contribution in [0, 0.1) is 0 Å². The van der Waals surface area contributed by atoms with Crippen LogP contribution in [0.4, 0.5) is 0 Å². The summed E-state index contributed by atoms with van der Waals surface area (Å²) >= 11 is 12.2. The zero-order valence-corrected chi connectivity index (χ0v) is 12.7. The molecule has 1 rings (SSSR count). The Labute approximate surface area is 120 Å². The molecule has 0 saturated carbocycles. The molecule has 1 unspecified atom stereocenters. The van der Waals surface area contributed by atoms with Gasteiger partial charge in [-0.25, -0.2) is 0 Å². The molecule has 1 aromatic carbocycles. The van der Waals surface area contributed by atoms with Gasteiger partial charge in [0.2, 0.25) is 0 Å². The molecule has 18 heavy (non-hydrogen) atoms. The Morgan fingerprint density at radius 1 is 1.28 bits per heavy atom. The molecular formula is C14H21Cl2NO. The predicted octanol–water partition coefficient (Wildman–Crippen LogP) is 3.94. The van der Waals surface area contributed by atoms with Crippen molar-refractivity contribution in [2.45, 2.75) is 39.3 Å². The van der Waals surface area contributed by atoms with Crippen LogP contribution >= 0.6 is 23.2 Å². The maximum Gasteiger partial charge on any atom is 0.0626 e. The van der Waals surface area contributed by atoms with Crippen LogP contribution < -0.4 is 5.32 Å². The smallest absolute Gasteiger partial charge is 0.0626 e. The first-order valence-corrected chi connectivity index (χ1v) is 7.08. The van der Waals surface area contributed by atoms with Gasteiger partial charge in [-0.1, -0.05) is 42.3 Å². The summed E-state index contributed by atoms with van der Waals surface area (Å²) in [4.78, 5) is 0. The molecule has 0 aliphatic carbocycles. The summed E-state index contributed by atoms with van der Waals surface area (Å²) in [6, 6.07) is 6.00. The van der Waals surface area contributed by atoms with Crippen molar-refractivity contribution < 1.29 is 4.74 Å². The second-order valence-electron chi connectivity index (χ2n) is 4.55. The Balaban J connectivity index is 2.67. The van der Waals surface area contributed by atoms with Crippen LogP contribution in [0.3, 0.4) is 0 Å². The maximum absolute atomic E-state index is 6.20. The van der Waals surface area contributed by atoms with Crippen LogP contribution in [0.25, 0.3) is 0 Å². The molecule has 0 aliphatic heterocycles. The molecule has 0 fully saturated rings.